The lowest BCUT2D eigenvalue weighted by atomic mass is 9.45. The van der Waals surface area contributed by atoms with Gasteiger partial charge in [-0.15, -0.1) is 0 Å². The van der Waals surface area contributed by atoms with Crippen molar-refractivity contribution in [2.75, 3.05) is 0 Å². The van der Waals surface area contributed by atoms with E-state index in [-0.39, 0.29) is 5.41 Å². The first kappa shape index (κ1) is 25.9. The maximum Gasteiger partial charge on any atom is 0.238 e. The summed E-state index contributed by atoms with van der Waals surface area (Å²) >= 11 is 0. The van der Waals surface area contributed by atoms with Crippen LogP contribution in [0.2, 0.25) is 0 Å². The molecular weight excluding hydrogens is 587 g/mol. The van der Waals surface area contributed by atoms with Gasteiger partial charge < -0.3 is 0 Å². The molecule has 0 amide bonds. The van der Waals surface area contributed by atoms with E-state index < -0.39 is 0 Å². The summed E-state index contributed by atoms with van der Waals surface area (Å²) in [5.41, 5.74) is 10.0. The predicted molar refractivity (Wildman–Crippen MR) is 188 cm³/mol. The van der Waals surface area contributed by atoms with Crippen LogP contribution in [0.4, 0.5) is 0 Å². The van der Waals surface area contributed by atoms with Gasteiger partial charge in [-0.3, -0.25) is 9.55 Å². The molecule has 5 fully saturated rings. The van der Waals surface area contributed by atoms with Crippen LogP contribution in [0.1, 0.15) is 36.8 Å². The van der Waals surface area contributed by atoms with Gasteiger partial charge in [-0.2, -0.15) is 9.97 Å². The molecule has 0 N–H and O–H groups in total. The zero-order valence-electron chi connectivity index (χ0n) is 26.5. The van der Waals surface area contributed by atoms with Gasteiger partial charge in [0.1, 0.15) is 0 Å². The molecule has 5 saturated carbocycles. The second kappa shape index (κ2) is 9.04. The van der Waals surface area contributed by atoms with Gasteiger partial charge in [0.05, 0.1) is 11.0 Å². The zero-order chi connectivity index (χ0) is 31.1. The molecule has 4 aromatic carbocycles. The molecule has 0 radical (unpaired) electrons. The van der Waals surface area contributed by atoms with Crippen molar-refractivity contribution < 1.29 is 0 Å². The van der Waals surface area contributed by atoms with E-state index in [0.29, 0.717) is 17.6 Å². The Morgan fingerprint density at radius 2 is 1.33 bits per heavy atom. The topological polar surface area (TPSA) is 56.5 Å². The number of hydrogen-bond donors (Lipinski definition) is 0. The van der Waals surface area contributed by atoms with Gasteiger partial charge in [0, 0.05) is 45.3 Å². The Morgan fingerprint density at radius 3 is 2.12 bits per heavy atom. The molecule has 3 aromatic heterocycles. The van der Waals surface area contributed by atoms with Crippen LogP contribution in [-0.2, 0) is 5.41 Å². The second-order valence-corrected chi connectivity index (χ2v) is 15.1. The van der Waals surface area contributed by atoms with Crippen LogP contribution >= 0.6 is 0 Å². The van der Waals surface area contributed by atoms with Crippen molar-refractivity contribution in [1.82, 2.24) is 24.5 Å². The van der Waals surface area contributed by atoms with Crippen LogP contribution in [0.15, 0.2) is 116 Å². The zero-order valence-corrected chi connectivity index (χ0v) is 26.5. The molecule has 7 aromatic rings. The summed E-state index contributed by atoms with van der Waals surface area (Å²) in [4.78, 5) is 20.3. The number of rotatable bonds is 3. The summed E-state index contributed by atoms with van der Waals surface area (Å²) in [5.74, 6) is 7.27. The van der Waals surface area contributed by atoms with E-state index >= 15 is 0 Å². The minimum atomic E-state index is 0.126. The monoisotopic (exact) mass is 619 g/mol. The molecule has 6 bridgehead atoms. The standard InChI is InChI=1S/C43H33N5/c1-2-8-24(9-3-1)40-45-41(47-42(46-40)48-37-12-6-4-10-29(37)30-11-5-7-13-38(30)48)25-14-15-34-32(20-25)33-23-44-17-16-35(33)43(34)28-19-27-18-26-21-36(43)39(27)31(26)22-28/h1-17,20,23,26-28,31,36,39H,18-19,21-22H2. The Bertz CT molecular complexity index is 2430. The first-order valence-corrected chi connectivity index (χ1v) is 17.7. The molecule has 7 unspecified atom stereocenters. The van der Waals surface area contributed by atoms with Gasteiger partial charge in [-0.25, -0.2) is 4.98 Å². The highest BCUT2D eigenvalue weighted by Crippen LogP contribution is 2.77. The lowest BCUT2D eigenvalue weighted by molar-refractivity contribution is -0.0174. The Balaban J connectivity index is 1.08. The van der Waals surface area contributed by atoms with Crippen molar-refractivity contribution in [2.24, 2.45) is 35.5 Å². The first-order valence-electron chi connectivity index (χ1n) is 17.7. The molecule has 13 rings (SSSR count). The van der Waals surface area contributed by atoms with Gasteiger partial charge >= 0.3 is 0 Å². The van der Waals surface area contributed by atoms with Gasteiger partial charge in [-0.1, -0.05) is 78.9 Å². The number of pyridine rings is 1. The third kappa shape index (κ3) is 3.09. The van der Waals surface area contributed by atoms with E-state index in [1.165, 1.54) is 58.7 Å². The molecule has 5 heteroatoms. The molecule has 1 spiro atoms. The van der Waals surface area contributed by atoms with Crippen LogP contribution in [-0.4, -0.2) is 24.5 Å². The molecule has 0 saturated heterocycles. The van der Waals surface area contributed by atoms with E-state index in [0.717, 1.165) is 57.7 Å². The SMILES string of the molecule is c1ccc(-c2nc(-c3ccc4c(c3)-c3cnccc3C43C4CC5CC6CC3C5C6C4)nc(-n3c4ccccc4c4ccccc43)n2)cc1. The summed E-state index contributed by atoms with van der Waals surface area (Å²) in [6.45, 7) is 0. The van der Waals surface area contributed by atoms with E-state index in [4.69, 9.17) is 19.9 Å². The Morgan fingerprint density at radius 1 is 0.604 bits per heavy atom. The normalized spacial score (nSPS) is 28.6. The van der Waals surface area contributed by atoms with E-state index in [1.807, 2.05) is 24.4 Å². The minimum absolute atomic E-state index is 0.126. The summed E-state index contributed by atoms with van der Waals surface area (Å²) in [7, 11) is 0. The van der Waals surface area contributed by atoms with E-state index in [9.17, 15) is 0 Å². The quantitative estimate of drug-likeness (QED) is 0.198. The Labute approximate surface area is 278 Å². The predicted octanol–water partition coefficient (Wildman–Crippen LogP) is 9.28. The van der Waals surface area contributed by atoms with Crippen LogP contribution in [0.25, 0.3) is 61.7 Å². The highest BCUT2D eigenvalue weighted by Gasteiger charge is 2.71. The molecule has 230 valence electrons. The molecular formula is C43H33N5. The maximum absolute atomic E-state index is 5.27. The van der Waals surface area contributed by atoms with Crippen molar-refractivity contribution in [3.05, 3.63) is 127 Å². The summed E-state index contributed by atoms with van der Waals surface area (Å²) in [6.07, 6.45) is 9.87. The number of aromatic nitrogens is 5. The lowest BCUT2D eigenvalue weighted by Crippen LogP contribution is -2.54. The third-order valence-electron chi connectivity index (χ3n) is 13.4. The largest absolute Gasteiger partial charge is 0.278 e. The number of fused-ring (bicyclic) bond motifs is 6. The minimum Gasteiger partial charge on any atom is -0.278 e. The van der Waals surface area contributed by atoms with Crippen molar-refractivity contribution >= 4 is 21.8 Å². The van der Waals surface area contributed by atoms with Gasteiger partial charge in [0.15, 0.2) is 11.6 Å². The second-order valence-electron chi connectivity index (χ2n) is 15.1. The smallest absolute Gasteiger partial charge is 0.238 e. The highest BCUT2D eigenvalue weighted by molar-refractivity contribution is 6.09. The van der Waals surface area contributed by atoms with Crippen LogP contribution in [0.5, 0.6) is 0 Å². The lowest BCUT2D eigenvalue weighted by Gasteiger charge is -2.58. The van der Waals surface area contributed by atoms with Crippen molar-refractivity contribution in [2.45, 2.75) is 31.1 Å². The maximum atomic E-state index is 5.27. The van der Waals surface area contributed by atoms with Gasteiger partial charge in [-0.05, 0) is 102 Å². The Hall–Kier alpha value is -5.16. The fourth-order valence-corrected chi connectivity index (χ4v) is 12.0. The van der Waals surface area contributed by atoms with Crippen molar-refractivity contribution in [3.8, 4) is 39.9 Å². The molecule has 3 heterocycles. The summed E-state index contributed by atoms with van der Waals surface area (Å²) in [5, 5.41) is 2.38. The van der Waals surface area contributed by atoms with Crippen LogP contribution < -0.4 is 0 Å². The number of para-hydroxylation sites is 2. The number of benzene rings is 4. The molecule has 5 nitrogen and oxygen atoms in total. The molecule has 0 aliphatic heterocycles. The average Bonchev–Trinajstić information content (AvgIpc) is 3.82. The number of nitrogens with zero attached hydrogens (tertiary/aromatic N) is 5. The van der Waals surface area contributed by atoms with Crippen LogP contribution in [0.3, 0.4) is 0 Å². The van der Waals surface area contributed by atoms with Crippen molar-refractivity contribution in [3.63, 3.8) is 0 Å². The molecule has 7 atom stereocenters. The van der Waals surface area contributed by atoms with Crippen molar-refractivity contribution in [1.29, 1.82) is 0 Å². The van der Waals surface area contributed by atoms with E-state index in [1.54, 1.807) is 0 Å². The molecule has 6 aliphatic carbocycles. The summed E-state index contributed by atoms with van der Waals surface area (Å²) in [6, 6.07) is 36.9. The average molecular weight is 620 g/mol. The van der Waals surface area contributed by atoms with Crippen LogP contribution in [0, 0.1) is 35.5 Å². The highest BCUT2D eigenvalue weighted by atomic mass is 15.2. The fraction of sp³-hybridized carbons (Fsp3) is 0.256. The van der Waals surface area contributed by atoms with Gasteiger partial charge in [0.2, 0.25) is 5.95 Å². The number of hydrogen-bond acceptors (Lipinski definition) is 4. The van der Waals surface area contributed by atoms with Gasteiger partial charge in [0.25, 0.3) is 0 Å². The summed E-state index contributed by atoms with van der Waals surface area (Å²) < 4.78 is 2.20. The third-order valence-corrected chi connectivity index (χ3v) is 13.4. The van der Waals surface area contributed by atoms with E-state index in [2.05, 4.69) is 95.7 Å². The molecule has 48 heavy (non-hydrogen) atoms. The first-order chi connectivity index (χ1) is 23.8. The Kier molecular flexibility index (Phi) is 4.87. The fourth-order valence-electron chi connectivity index (χ4n) is 12.0. The molecule has 6 aliphatic rings.